The molecule has 0 saturated heterocycles. The Labute approximate surface area is 435 Å². The SMILES string of the molecule is CCCCCCCCCCCCCCCCCC[N+](CCCCCCCCCCCCC)(CCCCCCCCCCCCCCCCCC)CCCCCCCCCCCCCCCCCC. The van der Waals surface area contributed by atoms with Gasteiger partial charge in [0.05, 0.1) is 26.2 Å². The van der Waals surface area contributed by atoms with Gasteiger partial charge in [-0.1, -0.05) is 355 Å². The molecule has 68 heavy (non-hydrogen) atoms. The quantitative estimate of drug-likeness (QED) is 0.0421. The fourth-order valence-corrected chi connectivity index (χ4v) is 11.8. The van der Waals surface area contributed by atoms with Crippen LogP contribution in [-0.2, 0) is 0 Å². The third-order valence-corrected chi connectivity index (χ3v) is 16.7. The highest BCUT2D eigenvalue weighted by atomic mass is 15.3. The average Bonchev–Trinajstić information content (AvgIpc) is 3.35. The maximum absolute atomic E-state index is 2.34. The van der Waals surface area contributed by atoms with Gasteiger partial charge < -0.3 is 4.48 Å². The van der Waals surface area contributed by atoms with Gasteiger partial charge in [-0.15, -0.1) is 0 Å². The summed E-state index contributed by atoms with van der Waals surface area (Å²) < 4.78 is 1.49. The molecule has 0 aliphatic heterocycles. The first-order chi connectivity index (χ1) is 33.7. The van der Waals surface area contributed by atoms with E-state index in [0.717, 1.165) is 0 Å². The Morgan fingerprint density at radius 3 is 0.309 bits per heavy atom. The van der Waals surface area contributed by atoms with Crippen molar-refractivity contribution < 1.29 is 4.48 Å². The van der Waals surface area contributed by atoms with E-state index in [1.807, 2.05) is 0 Å². The van der Waals surface area contributed by atoms with Gasteiger partial charge in [-0.2, -0.15) is 0 Å². The molecule has 0 N–H and O–H groups in total. The van der Waals surface area contributed by atoms with Crippen LogP contribution in [0.5, 0.6) is 0 Å². The van der Waals surface area contributed by atoms with E-state index in [4.69, 9.17) is 0 Å². The number of rotatable bonds is 63. The summed E-state index contributed by atoms with van der Waals surface area (Å²) in [6.45, 7) is 15.3. The molecule has 0 amide bonds. The highest BCUT2D eigenvalue weighted by Gasteiger charge is 2.26. The maximum atomic E-state index is 2.34. The van der Waals surface area contributed by atoms with Crippen LogP contribution >= 0.6 is 0 Å². The number of quaternary nitrogens is 1. The van der Waals surface area contributed by atoms with Crippen LogP contribution in [0, 0.1) is 0 Å². The molecular formula is C67H138N+. The largest absolute Gasteiger partial charge is 0.324 e. The average molecular weight is 958 g/mol. The van der Waals surface area contributed by atoms with Crippen LogP contribution in [0.4, 0.5) is 0 Å². The molecule has 0 saturated carbocycles. The Hall–Kier alpha value is -0.0400. The lowest BCUT2D eigenvalue weighted by Crippen LogP contribution is -2.50. The van der Waals surface area contributed by atoms with E-state index < -0.39 is 0 Å². The number of hydrogen-bond acceptors (Lipinski definition) is 0. The monoisotopic (exact) mass is 957 g/mol. The molecule has 0 aromatic carbocycles. The predicted molar refractivity (Wildman–Crippen MR) is 315 cm³/mol. The van der Waals surface area contributed by atoms with Crippen molar-refractivity contribution in [3.8, 4) is 0 Å². The van der Waals surface area contributed by atoms with E-state index in [0.29, 0.717) is 0 Å². The smallest absolute Gasteiger partial charge is 0.0786 e. The Balaban J connectivity index is 4.89. The minimum absolute atomic E-state index is 1.37. The number of nitrogens with zero attached hydrogens (tertiary/aromatic N) is 1. The molecule has 0 aliphatic carbocycles. The summed E-state index contributed by atoms with van der Waals surface area (Å²) in [6.07, 6.45) is 87.2. The van der Waals surface area contributed by atoms with E-state index in [1.165, 1.54) is 409 Å². The summed E-state index contributed by atoms with van der Waals surface area (Å²) in [5.41, 5.74) is 0. The molecular weight excluding hydrogens is 819 g/mol. The van der Waals surface area contributed by atoms with Crippen molar-refractivity contribution in [3.05, 3.63) is 0 Å². The van der Waals surface area contributed by atoms with Crippen LogP contribution in [0.15, 0.2) is 0 Å². The van der Waals surface area contributed by atoms with Crippen LogP contribution in [0.3, 0.4) is 0 Å². The van der Waals surface area contributed by atoms with Gasteiger partial charge in [0.25, 0.3) is 0 Å². The molecule has 0 fully saturated rings. The zero-order valence-electron chi connectivity index (χ0n) is 49.0. The maximum Gasteiger partial charge on any atom is 0.0786 e. The third-order valence-electron chi connectivity index (χ3n) is 16.7. The van der Waals surface area contributed by atoms with E-state index in [-0.39, 0.29) is 0 Å². The van der Waals surface area contributed by atoms with Gasteiger partial charge in [-0.05, 0) is 51.4 Å². The van der Waals surface area contributed by atoms with Crippen molar-refractivity contribution in [3.63, 3.8) is 0 Å². The van der Waals surface area contributed by atoms with Gasteiger partial charge in [0, 0.05) is 0 Å². The molecule has 0 heterocycles. The first-order valence-electron chi connectivity index (χ1n) is 33.6. The molecule has 1 nitrogen and oxygen atoms in total. The zero-order chi connectivity index (χ0) is 49.0. The summed E-state index contributed by atoms with van der Waals surface area (Å²) in [5, 5.41) is 0. The molecule has 0 aliphatic rings. The second-order valence-electron chi connectivity index (χ2n) is 23.7. The summed E-state index contributed by atoms with van der Waals surface area (Å²) in [7, 11) is 0. The molecule has 0 unspecified atom stereocenters. The molecule has 0 radical (unpaired) electrons. The molecule has 0 aromatic rings. The highest BCUT2D eigenvalue weighted by molar-refractivity contribution is 4.58. The molecule has 0 aromatic heterocycles. The normalized spacial score (nSPS) is 12.0. The number of unbranched alkanes of at least 4 members (excludes halogenated alkanes) is 55. The number of hydrogen-bond donors (Lipinski definition) is 0. The molecule has 1 heteroatoms. The van der Waals surface area contributed by atoms with Crippen molar-refractivity contribution in [2.75, 3.05) is 26.2 Å². The van der Waals surface area contributed by atoms with E-state index in [2.05, 4.69) is 27.7 Å². The van der Waals surface area contributed by atoms with Gasteiger partial charge in [0.1, 0.15) is 0 Å². The fraction of sp³-hybridized carbons (Fsp3) is 1.00. The van der Waals surface area contributed by atoms with Gasteiger partial charge in [0.2, 0.25) is 0 Å². The molecule has 0 bridgehead atoms. The minimum Gasteiger partial charge on any atom is -0.324 e. The predicted octanol–water partition coefficient (Wildman–Crippen LogP) is 24.9. The van der Waals surface area contributed by atoms with Crippen LogP contribution in [0.1, 0.15) is 407 Å². The fourth-order valence-electron chi connectivity index (χ4n) is 11.8. The third kappa shape index (κ3) is 55.3. The van der Waals surface area contributed by atoms with Crippen molar-refractivity contribution in [1.82, 2.24) is 0 Å². The lowest BCUT2D eigenvalue weighted by molar-refractivity contribution is -0.929. The summed E-state index contributed by atoms with van der Waals surface area (Å²) >= 11 is 0. The van der Waals surface area contributed by atoms with Crippen LogP contribution in [-0.4, -0.2) is 30.7 Å². The van der Waals surface area contributed by atoms with Crippen molar-refractivity contribution in [2.45, 2.75) is 407 Å². The molecule has 410 valence electrons. The van der Waals surface area contributed by atoms with Gasteiger partial charge in [-0.25, -0.2) is 0 Å². The van der Waals surface area contributed by atoms with Crippen molar-refractivity contribution in [1.29, 1.82) is 0 Å². The Bertz CT molecular complexity index is 760. The summed E-state index contributed by atoms with van der Waals surface area (Å²) in [6, 6.07) is 0. The second kappa shape index (κ2) is 61.3. The zero-order valence-corrected chi connectivity index (χ0v) is 49.0. The highest BCUT2D eigenvalue weighted by Crippen LogP contribution is 2.23. The Morgan fingerprint density at radius 1 is 0.118 bits per heavy atom. The minimum atomic E-state index is 1.37. The first kappa shape index (κ1) is 68.0. The van der Waals surface area contributed by atoms with Crippen LogP contribution in [0.2, 0.25) is 0 Å². The van der Waals surface area contributed by atoms with Crippen molar-refractivity contribution in [2.24, 2.45) is 0 Å². The molecule has 0 atom stereocenters. The second-order valence-corrected chi connectivity index (χ2v) is 23.7. The van der Waals surface area contributed by atoms with Crippen LogP contribution < -0.4 is 0 Å². The topological polar surface area (TPSA) is 0 Å². The van der Waals surface area contributed by atoms with E-state index >= 15 is 0 Å². The standard InChI is InChI=1S/C67H138N/c1-5-9-13-17-21-25-29-32-35-38-41-45-49-53-57-61-65-68(64-60-56-52-48-44-28-24-20-16-12-8-4,66-62-58-54-50-46-42-39-36-33-30-26-22-18-14-10-6-2)67-63-59-55-51-47-43-40-37-34-31-27-23-19-15-11-7-3/h5-67H2,1-4H3/q+1. The molecule has 0 rings (SSSR count). The van der Waals surface area contributed by atoms with E-state index in [1.54, 1.807) is 0 Å². The lowest BCUT2D eigenvalue weighted by Gasteiger charge is -2.40. The van der Waals surface area contributed by atoms with Gasteiger partial charge in [-0.3, -0.25) is 0 Å². The first-order valence-corrected chi connectivity index (χ1v) is 33.6. The summed E-state index contributed by atoms with van der Waals surface area (Å²) in [4.78, 5) is 0. The van der Waals surface area contributed by atoms with E-state index in [9.17, 15) is 0 Å². The van der Waals surface area contributed by atoms with Gasteiger partial charge in [0.15, 0.2) is 0 Å². The Morgan fingerprint density at radius 2 is 0.206 bits per heavy atom. The lowest BCUT2D eigenvalue weighted by atomic mass is 10.0. The van der Waals surface area contributed by atoms with Crippen LogP contribution in [0.25, 0.3) is 0 Å². The molecule has 0 spiro atoms. The summed E-state index contributed by atoms with van der Waals surface area (Å²) in [5.74, 6) is 0. The Kier molecular flexibility index (Phi) is 61.2. The van der Waals surface area contributed by atoms with Crippen molar-refractivity contribution >= 4 is 0 Å². The van der Waals surface area contributed by atoms with Gasteiger partial charge >= 0.3 is 0 Å².